The molecule has 2 aromatic rings. The maximum absolute atomic E-state index is 13.2. The van der Waals surface area contributed by atoms with E-state index in [1.165, 1.54) is 6.07 Å². The van der Waals surface area contributed by atoms with Crippen molar-refractivity contribution in [1.82, 2.24) is 5.32 Å². The second kappa shape index (κ2) is 7.14. The van der Waals surface area contributed by atoms with Crippen molar-refractivity contribution in [2.45, 2.75) is 6.54 Å². The van der Waals surface area contributed by atoms with E-state index in [2.05, 4.69) is 10.0 Å². The highest BCUT2D eigenvalue weighted by Gasteiger charge is 2.15. The zero-order valence-corrected chi connectivity index (χ0v) is 14.0. The maximum Gasteiger partial charge on any atom is 0.253 e. The van der Waals surface area contributed by atoms with Gasteiger partial charge in [-0.2, -0.15) is 0 Å². The quantitative estimate of drug-likeness (QED) is 0.790. The Hall–Kier alpha value is -2.19. The lowest BCUT2D eigenvalue weighted by Crippen LogP contribution is -2.23. The first-order valence-corrected chi connectivity index (χ1v) is 8.92. The van der Waals surface area contributed by atoms with Gasteiger partial charge in [0.15, 0.2) is 11.6 Å². The number of carbonyl (C=O) groups is 1. The standard InChI is InChI=1S/C15H13ClF2N2O3S/c1-24(22,23)20-10-4-2-3-9(5-10)8-19-15(21)11-6-13(17)14(18)7-12(11)16/h2-7,20H,8H2,1H3,(H,19,21). The molecule has 0 bridgehead atoms. The lowest BCUT2D eigenvalue weighted by atomic mass is 10.1. The lowest BCUT2D eigenvalue weighted by Gasteiger charge is -2.09. The first-order valence-electron chi connectivity index (χ1n) is 6.65. The topological polar surface area (TPSA) is 75.3 Å². The van der Waals surface area contributed by atoms with Crippen molar-refractivity contribution >= 4 is 33.2 Å². The van der Waals surface area contributed by atoms with Crippen LogP contribution in [0.5, 0.6) is 0 Å². The summed E-state index contributed by atoms with van der Waals surface area (Å²) in [6, 6.07) is 7.81. The van der Waals surface area contributed by atoms with Crippen LogP contribution >= 0.6 is 11.6 Å². The van der Waals surface area contributed by atoms with Gasteiger partial charge in [0.2, 0.25) is 10.0 Å². The summed E-state index contributed by atoms with van der Waals surface area (Å²) >= 11 is 5.73. The van der Waals surface area contributed by atoms with Gasteiger partial charge in [0.1, 0.15) is 0 Å². The second-order valence-corrected chi connectivity index (χ2v) is 7.16. The highest BCUT2D eigenvalue weighted by atomic mass is 35.5. The highest BCUT2D eigenvalue weighted by molar-refractivity contribution is 7.92. The van der Waals surface area contributed by atoms with E-state index in [-0.39, 0.29) is 17.1 Å². The number of carbonyl (C=O) groups excluding carboxylic acids is 1. The minimum absolute atomic E-state index is 0.0490. The molecule has 2 N–H and O–H groups in total. The number of nitrogens with one attached hydrogen (secondary N) is 2. The predicted molar refractivity (Wildman–Crippen MR) is 87.4 cm³/mol. The molecular weight excluding hydrogens is 362 g/mol. The third kappa shape index (κ3) is 4.90. The summed E-state index contributed by atoms with van der Waals surface area (Å²) in [5.74, 6) is -3.00. The number of rotatable bonds is 5. The van der Waals surface area contributed by atoms with E-state index in [0.717, 1.165) is 12.3 Å². The molecule has 9 heteroatoms. The predicted octanol–water partition coefficient (Wildman–Crippen LogP) is 2.92. The number of hydrogen-bond acceptors (Lipinski definition) is 3. The molecule has 24 heavy (non-hydrogen) atoms. The smallest absolute Gasteiger partial charge is 0.253 e. The summed E-state index contributed by atoms with van der Waals surface area (Å²) in [5.41, 5.74) is 0.756. The van der Waals surface area contributed by atoms with Crippen molar-refractivity contribution in [2.75, 3.05) is 11.0 Å². The molecule has 0 unspecified atom stereocenters. The Balaban J connectivity index is 2.10. The molecule has 2 rings (SSSR count). The van der Waals surface area contributed by atoms with Gasteiger partial charge in [0.25, 0.3) is 5.91 Å². The van der Waals surface area contributed by atoms with Gasteiger partial charge in [-0.1, -0.05) is 23.7 Å². The Bertz CT molecular complexity index is 888. The van der Waals surface area contributed by atoms with E-state index < -0.39 is 27.6 Å². The summed E-state index contributed by atoms with van der Waals surface area (Å²) in [7, 11) is -3.41. The largest absolute Gasteiger partial charge is 0.348 e. The Kier molecular flexibility index (Phi) is 5.40. The first kappa shape index (κ1) is 18.2. The van der Waals surface area contributed by atoms with Crippen LogP contribution in [-0.2, 0) is 16.6 Å². The van der Waals surface area contributed by atoms with Gasteiger partial charge in [-0.25, -0.2) is 17.2 Å². The SMILES string of the molecule is CS(=O)(=O)Nc1cccc(CNC(=O)c2cc(F)c(F)cc2Cl)c1. The average molecular weight is 375 g/mol. The monoisotopic (exact) mass is 374 g/mol. The van der Waals surface area contributed by atoms with Crippen molar-refractivity contribution in [2.24, 2.45) is 0 Å². The summed E-state index contributed by atoms with van der Waals surface area (Å²) in [5, 5.41) is 2.29. The fourth-order valence-electron chi connectivity index (χ4n) is 1.93. The molecule has 0 aliphatic heterocycles. The molecule has 128 valence electrons. The number of hydrogen-bond donors (Lipinski definition) is 2. The molecule has 0 saturated heterocycles. The molecule has 0 aliphatic carbocycles. The molecule has 0 fully saturated rings. The normalized spacial score (nSPS) is 11.2. The van der Waals surface area contributed by atoms with E-state index >= 15 is 0 Å². The lowest BCUT2D eigenvalue weighted by molar-refractivity contribution is 0.0950. The Labute approximate surface area is 142 Å². The minimum Gasteiger partial charge on any atom is -0.348 e. The van der Waals surface area contributed by atoms with Gasteiger partial charge >= 0.3 is 0 Å². The van der Waals surface area contributed by atoms with Crippen LogP contribution in [0.1, 0.15) is 15.9 Å². The number of halogens is 3. The van der Waals surface area contributed by atoms with E-state index in [0.29, 0.717) is 17.3 Å². The number of benzene rings is 2. The molecule has 0 radical (unpaired) electrons. The molecule has 1 amide bonds. The Morgan fingerprint density at radius 2 is 1.83 bits per heavy atom. The zero-order chi connectivity index (χ0) is 17.9. The molecule has 0 atom stereocenters. The third-order valence-corrected chi connectivity index (χ3v) is 3.86. The van der Waals surface area contributed by atoms with Gasteiger partial charge in [-0.3, -0.25) is 9.52 Å². The van der Waals surface area contributed by atoms with Gasteiger partial charge in [-0.05, 0) is 29.8 Å². The van der Waals surface area contributed by atoms with Crippen molar-refractivity contribution < 1.29 is 22.0 Å². The van der Waals surface area contributed by atoms with E-state index in [1.807, 2.05) is 0 Å². The van der Waals surface area contributed by atoms with Crippen LogP contribution < -0.4 is 10.0 Å². The van der Waals surface area contributed by atoms with Crippen LogP contribution in [-0.4, -0.2) is 20.6 Å². The van der Waals surface area contributed by atoms with Crippen molar-refractivity contribution in [3.05, 3.63) is 64.2 Å². The fraction of sp³-hybridized carbons (Fsp3) is 0.133. The minimum atomic E-state index is -3.41. The molecule has 0 heterocycles. The Morgan fingerprint density at radius 1 is 1.17 bits per heavy atom. The first-order chi connectivity index (χ1) is 11.2. The highest BCUT2D eigenvalue weighted by Crippen LogP contribution is 2.20. The molecule has 5 nitrogen and oxygen atoms in total. The molecule has 0 saturated carbocycles. The zero-order valence-electron chi connectivity index (χ0n) is 12.4. The molecule has 0 aromatic heterocycles. The summed E-state index contributed by atoms with van der Waals surface area (Å²) in [4.78, 5) is 12.0. The van der Waals surface area contributed by atoms with Crippen LogP contribution in [0.25, 0.3) is 0 Å². The van der Waals surface area contributed by atoms with Crippen LogP contribution in [0.3, 0.4) is 0 Å². The molecule has 0 spiro atoms. The van der Waals surface area contributed by atoms with Gasteiger partial charge in [0, 0.05) is 12.2 Å². The van der Waals surface area contributed by atoms with Crippen LogP contribution in [0.2, 0.25) is 5.02 Å². The van der Waals surface area contributed by atoms with Crippen molar-refractivity contribution in [1.29, 1.82) is 0 Å². The number of amides is 1. The van der Waals surface area contributed by atoms with Gasteiger partial charge in [0.05, 0.1) is 16.8 Å². The summed E-state index contributed by atoms with van der Waals surface area (Å²) in [6.07, 6.45) is 1.02. The van der Waals surface area contributed by atoms with E-state index in [1.54, 1.807) is 18.2 Å². The maximum atomic E-state index is 13.2. The van der Waals surface area contributed by atoms with E-state index in [4.69, 9.17) is 11.6 Å². The number of sulfonamides is 1. The van der Waals surface area contributed by atoms with Crippen LogP contribution in [0, 0.1) is 11.6 Å². The molecular formula is C15H13ClF2N2O3S. The van der Waals surface area contributed by atoms with Gasteiger partial charge < -0.3 is 5.32 Å². The summed E-state index contributed by atoms with van der Waals surface area (Å²) < 4.78 is 50.9. The average Bonchev–Trinajstić information content (AvgIpc) is 2.47. The fourth-order valence-corrected chi connectivity index (χ4v) is 2.72. The van der Waals surface area contributed by atoms with Crippen molar-refractivity contribution in [3.8, 4) is 0 Å². The van der Waals surface area contributed by atoms with Crippen LogP contribution in [0.15, 0.2) is 36.4 Å². The number of anilines is 1. The molecule has 0 aliphatic rings. The van der Waals surface area contributed by atoms with Crippen molar-refractivity contribution in [3.63, 3.8) is 0 Å². The second-order valence-electron chi connectivity index (χ2n) is 5.00. The Morgan fingerprint density at radius 3 is 2.50 bits per heavy atom. The van der Waals surface area contributed by atoms with Crippen LogP contribution in [0.4, 0.5) is 14.5 Å². The van der Waals surface area contributed by atoms with Gasteiger partial charge in [-0.15, -0.1) is 0 Å². The summed E-state index contributed by atoms with van der Waals surface area (Å²) in [6.45, 7) is 0.0490. The third-order valence-electron chi connectivity index (χ3n) is 2.94. The van der Waals surface area contributed by atoms with E-state index in [9.17, 15) is 22.0 Å². The molecule has 2 aromatic carbocycles.